The molecule has 0 saturated heterocycles. The highest BCUT2D eigenvalue weighted by Gasteiger charge is 2.92. The summed E-state index contributed by atoms with van der Waals surface area (Å²) in [4.78, 5) is 24.6. The molecule has 0 aliphatic rings. The molecule has 2 aromatic rings. The second-order valence-corrected chi connectivity index (χ2v) is 12.9. The lowest BCUT2D eigenvalue weighted by Crippen LogP contribution is -2.70. The summed E-state index contributed by atoms with van der Waals surface area (Å²) in [5.41, 5.74) is 2.99. The van der Waals surface area contributed by atoms with Crippen LogP contribution in [0.25, 0.3) is 0 Å². The van der Waals surface area contributed by atoms with E-state index in [2.05, 4.69) is 0 Å². The molecule has 2 N–H and O–H groups in total. The summed E-state index contributed by atoms with van der Waals surface area (Å²) in [6.45, 7) is -2.28. The summed E-state index contributed by atoms with van der Waals surface area (Å²) >= 11 is 0. The van der Waals surface area contributed by atoms with Crippen molar-refractivity contribution >= 4 is 11.8 Å². The monoisotopic (exact) mass is 992 g/mol. The average molecular weight is 992 g/mol. The van der Waals surface area contributed by atoms with Gasteiger partial charge in [0.1, 0.15) is 11.5 Å². The normalized spacial score (nSPS) is 14.6. The Morgan fingerprint density at radius 1 is 0.359 bits per heavy atom. The van der Waals surface area contributed by atoms with Crippen LogP contribution in [-0.4, -0.2) is 96.6 Å². The number of alkyl halides is 26. The van der Waals surface area contributed by atoms with Crippen LogP contribution in [0.1, 0.15) is 46.4 Å². The molecule has 0 heterocycles. The van der Waals surface area contributed by atoms with E-state index in [1.165, 1.54) is 0 Å². The molecule has 0 bridgehead atoms. The Morgan fingerprint density at radius 3 is 0.828 bits per heavy atom. The first-order valence-electron chi connectivity index (χ1n) is 16.4. The van der Waals surface area contributed by atoms with Crippen molar-refractivity contribution in [1.82, 2.24) is 10.9 Å². The van der Waals surface area contributed by atoms with Gasteiger partial charge in [0.15, 0.2) is 0 Å². The molecule has 0 aromatic heterocycles. The van der Waals surface area contributed by atoms with Gasteiger partial charge in [0.2, 0.25) is 0 Å². The van der Waals surface area contributed by atoms with Crippen LogP contribution >= 0.6 is 0 Å². The van der Waals surface area contributed by atoms with Crippen LogP contribution in [0.15, 0.2) is 48.5 Å². The Labute approximate surface area is 338 Å². The lowest BCUT2D eigenvalue weighted by Gasteiger charge is -2.39. The first-order chi connectivity index (χ1) is 28.4. The summed E-state index contributed by atoms with van der Waals surface area (Å²) in [6, 6.07) is 6.93. The van der Waals surface area contributed by atoms with Crippen molar-refractivity contribution in [3.8, 4) is 11.5 Å². The fraction of sp³-hybridized carbons (Fsp3) is 0.562. The van der Waals surface area contributed by atoms with E-state index in [9.17, 15) is 124 Å². The van der Waals surface area contributed by atoms with Crippen molar-refractivity contribution in [3.05, 3.63) is 59.7 Å². The molecule has 0 saturated carbocycles. The number of halogens is 26. The van der Waals surface area contributed by atoms with Crippen molar-refractivity contribution in [1.29, 1.82) is 0 Å². The molecule has 32 heteroatoms. The number of hydrogen-bond acceptors (Lipinski definition) is 4. The van der Waals surface area contributed by atoms with Gasteiger partial charge >= 0.3 is 71.6 Å². The van der Waals surface area contributed by atoms with Gasteiger partial charge in [-0.1, -0.05) is 0 Å². The van der Waals surface area contributed by atoms with Gasteiger partial charge in [-0.25, -0.2) is 0 Å². The van der Waals surface area contributed by atoms with Crippen LogP contribution in [0.5, 0.6) is 11.5 Å². The Hall–Kier alpha value is -4.84. The van der Waals surface area contributed by atoms with Crippen molar-refractivity contribution in [3.63, 3.8) is 0 Å². The SMILES string of the molecule is O=C(NNC(=O)c1ccc(OCCCC(F)(F)C(F)(F)C(F)(F)C(F)(F)C(F)(F)C(F)(F)F)cc1)c1ccc(OCCCC(F)(F)C(F)(F)C(F)(F)C(F)(F)C(F)(F)C(F)(F)F)cc1. The molecule has 64 heavy (non-hydrogen) atoms. The average Bonchev–Trinajstić information content (AvgIpc) is 3.16. The molecule has 0 spiro atoms. The second kappa shape index (κ2) is 17.9. The minimum Gasteiger partial charge on any atom is -0.494 e. The molecule has 2 aromatic carbocycles. The van der Waals surface area contributed by atoms with E-state index in [1.54, 1.807) is 0 Å². The predicted molar refractivity (Wildman–Crippen MR) is 159 cm³/mol. The minimum absolute atomic E-state index is 0.346. The van der Waals surface area contributed by atoms with Crippen LogP contribution in [0.2, 0.25) is 0 Å². The molecule has 366 valence electrons. The number of ether oxygens (including phenoxy) is 2. The molecular weight excluding hydrogens is 970 g/mol. The molecule has 0 aliphatic heterocycles. The number of nitrogens with one attached hydrogen (secondary N) is 2. The third kappa shape index (κ3) is 10.0. The first-order valence-corrected chi connectivity index (χ1v) is 16.4. The summed E-state index contributed by atoms with van der Waals surface area (Å²) in [5, 5.41) is 0. The van der Waals surface area contributed by atoms with Crippen molar-refractivity contribution < 1.29 is 133 Å². The van der Waals surface area contributed by atoms with E-state index in [0.29, 0.717) is 0 Å². The van der Waals surface area contributed by atoms with Crippen LogP contribution in [0.4, 0.5) is 114 Å². The topological polar surface area (TPSA) is 76.7 Å². The summed E-state index contributed by atoms with van der Waals surface area (Å²) in [6.07, 6.45) is -23.1. The van der Waals surface area contributed by atoms with E-state index in [-0.39, 0.29) is 11.1 Å². The van der Waals surface area contributed by atoms with Crippen LogP contribution < -0.4 is 20.3 Å². The van der Waals surface area contributed by atoms with Crippen LogP contribution in [0.3, 0.4) is 0 Å². The standard InChI is InChI=1S/C32H22F26N2O4/c33-21(34,23(37,38)25(41,42)27(45,46)29(49,50)31(53,54)55)11-1-13-63-17-7-3-15(4-8-17)19(61)59-60-20(62)16-5-9-18(10-6-16)64-14-2-12-22(35,36)24(39,40)26(43,44)28(47,48)30(51,52)32(56,57)58/h3-10H,1-2,11-14H2,(H,59,61)(H,60,62). The molecule has 0 aliphatic carbocycles. The van der Waals surface area contributed by atoms with Crippen LogP contribution in [0, 0.1) is 0 Å². The van der Waals surface area contributed by atoms with Crippen LogP contribution in [-0.2, 0) is 0 Å². The molecule has 0 radical (unpaired) electrons. The molecule has 0 unspecified atom stereocenters. The van der Waals surface area contributed by atoms with Gasteiger partial charge in [-0.3, -0.25) is 20.4 Å². The Balaban J connectivity index is 1.91. The van der Waals surface area contributed by atoms with E-state index in [0.717, 1.165) is 48.5 Å². The zero-order valence-electron chi connectivity index (χ0n) is 30.3. The van der Waals surface area contributed by atoms with E-state index in [4.69, 9.17) is 9.47 Å². The summed E-state index contributed by atoms with van der Waals surface area (Å²) in [7, 11) is 0. The third-order valence-corrected chi connectivity index (χ3v) is 8.33. The van der Waals surface area contributed by atoms with E-state index >= 15 is 0 Å². The fourth-order valence-corrected chi connectivity index (χ4v) is 4.55. The molecule has 6 nitrogen and oxygen atoms in total. The third-order valence-electron chi connectivity index (χ3n) is 8.33. The Bertz CT molecular complexity index is 1770. The number of amides is 2. The zero-order chi connectivity index (χ0) is 50.2. The number of hydrazine groups is 1. The minimum atomic E-state index is -8.06. The van der Waals surface area contributed by atoms with Gasteiger partial charge in [-0.2, -0.15) is 114 Å². The van der Waals surface area contributed by atoms with Gasteiger partial charge in [0, 0.05) is 24.0 Å². The maximum atomic E-state index is 13.9. The highest BCUT2D eigenvalue weighted by atomic mass is 19.4. The van der Waals surface area contributed by atoms with Gasteiger partial charge in [0.25, 0.3) is 11.8 Å². The van der Waals surface area contributed by atoms with E-state index < -0.39 is 134 Å². The number of rotatable bonds is 20. The predicted octanol–water partition coefficient (Wildman–Crippen LogP) is 11.6. The molecule has 0 fully saturated rings. The number of hydrogen-bond donors (Lipinski definition) is 2. The highest BCUT2D eigenvalue weighted by Crippen LogP contribution is 2.62. The van der Waals surface area contributed by atoms with Crippen molar-refractivity contribution in [2.24, 2.45) is 0 Å². The molecular formula is C32H22F26N2O4. The number of carbonyl (C=O) groups excluding carboxylic acids is 2. The second-order valence-electron chi connectivity index (χ2n) is 12.9. The summed E-state index contributed by atoms with van der Waals surface area (Å²) in [5.74, 6) is -78.5. The quantitative estimate of drug-likeness (QED) is 0.0787. The Kier molecular flexibility index (Phi) is 15.4. The molecule has 2 amide bonds. The van der Waals surface area contributed by atoms with Crippen molar-refractivity contribution in [2.75, 3.05) is 13.2 Å². The van der Waals surface area contributed by atoms with E-state index in [1.807, 2.05) is 10.9 Å². The Morgan fingerprint density at radius 2 is 0.594 bits per heavy atom. The van der Waals surface area contributed by atoms with Crippen molar-refractivity contribution in [2.45, 2.75) is 97.3 Å². The van der Waals surface area contributed by atoms with Gasteiger partial charge in [-0.05, 0) is 61.4 Å². The maximum absolute atomic E-state index is 13.9. The van der Waals surface area contributed by atoms with Gasteiger partial charge < -0.3 is 9.47 Å². The highest BCUT2D eigenvalue weighted by molar-refractivity contribution is 5.99. The first kappa shape index (κ1) is 55.3. The van der Waals surface area contributed by atoms with Gasteiger partial charge in [0.05, 0.1) is 13.2 Å². The number of carbonyl (C=O) groups is 2. The fourth-order valence-electron chi connectivity index (χ4n) is 4.55. The lowest BCUT2D eigenvalue weighted by atomic mass is 9.92. The van der Waals surface area contributed by atoms with Gasteiger partial charge in [-0.15, -0.1) is 0 Å². The lowest BCUT2D eigenvalue weighted by molar-refractivity contribution is -0.440. The molecule has 2 rings (SSSR count). The number of benzene rings is 2. The molecule has 0 atom stereocenters. The zero-order valence-corrected chi connectivity index (χ0v) is 30.3. The maximum Gasteiger partial charge on any atom is 0.460 e. The smallest absolute Gasteiger partial charge is 0.460 e. The summed E-state index contributed by atoms with van der Waals surface area (Å²) < 4.78 is 353. The largest absolute Gasteiger partial charge is 0.494 e.